The number of amidine groups is 1. The number of aryl methyl sites for hydroxylation is 1. The molecule has 1 aliphatic heterocycles. The topological polar surface area (TPSA) is 85.0 Å². The fraction of sp³-hybridized carbons (Fsp3) is 0.393. The quantitative estimate of drug-likeness (QED) is 0.488. The molecule has 2 N–H and O–H groups in total. The van der Waals surface area contributed by atoms with Gasteiger partial charge in [-0.1, -0.05) is 50.2 Å². The summed E-state index contributed by atoms with van der Waals surface area (Å²) < 4.78 is 5.00. The molecule has 180 valence electrons. The van der Waals surface area contributed by atoms with Crippen LogP contribution >= 0.6 is 0 Å². The van der Waals surface area contributed by atoms with E-state index < -0.39 is 0 Å². The zero-order valence-electron chi connectivity index (χ0n) is 20.5. The number of nitrogens with zero attached hydrogens (tertiary/aromatic N) is 2. The molecule has 3 rings (SSSR count). The molecular formula is C28H35N3O3. The maximum absolute atomic E-state index is 13.2. The highest BCUT2D eigenvalue weighted by Crippen LogP contribution is 2.32. The number of ether oxygens (including phenoxy) is 1. The first kappa shape index (κ1) is 25.2. The average Bonchev–Trinajstić information content (AvgIpc) is 3.00. The molecule has 0 fully saturated rings. The molecular weight excluding hydrogens is 426 g/mol. The third kappa shape index (κ3) is 6.56. The number of carbonyl (C=O) groups is 2. The summed E-state index contributed by atoms with van der Waals surface area (Å²) in [6.07, 6.45) is 5.15. The van der Waals surface area contributed by atoms with Crippen LogP contribution in [0.1, 0.15) is 57.6 Å². The smallest absolute Gasteiger partial charge is 0.306 e. The minimum Gasteiger partial charge on any atom is -0.466 e. The van der Waals surface area contributed by atoms with Gasteiger partial charge in [-0.3, -0.25) is 9.59 Å². The van der Waals surface area contributed by atoms with Crippen LogP contribution in [0.5, 0.6) is 0 Å². The molecule has 2 aromatic rings. The van der Waals surface area contributed by atoms with Crippen LogP contribution in [0.15, 0.2) is 53.0 Å². The van der Waals surface area contributed by atoms with Crippen LogP contribution < -0.4 is 5.73 Å². The maximum Gasteiger partial charge on any atom is 0.306 e. The van der Waals surface area contributed by atoms with Gasteiger partial charge in [-0.2, -0.15) is 0 Å². The number of carbonyl (C=O) groups excluding carboxylic acids is 2. The molecule has 6 heteroatoms. The lowest BCUT2D eigenvalue weighted by Crippen LogP contribution is -2.34. The largest absolute Gasteiger partial charge is 0.466 e. The highest BCUT2D eigenvalue weighted by Gasteiger charge is 2.21. The first-order valence-corrected chi connectivity index (χ1v) is 12.2. The summed E-state index contributed by atoms with van der Waals surface area (Å²) in [5.41, 5.74) is 11.7. The number of nitrogens with two attached hydrogens (primary N) is 1. The summed E-state index contributed by atoms with van der Waals surface area (Å²) >= 11 is 0. The van der Waals surface area contributed by atoms with Crippen molar-refractivity contribution in [1.29, 1.82) is 0 Å². The van der Waals surface area contributed by atoms with E-state index in [1.165, 1.54) is 0 Å². The number of esters is 1. The molecule has 0 bridgehead atoms. The van der Waals surface area contributed by atoms with Gasteiger partial charge in [-0.25, -0.2) is 4.99 Å². The standard InChI is InChI=1S/C28H35N3O3/c1-4-15-31(16-5-2)28(33)24-17-23-13-12-22(18-25(23)30-26(29)19-24)21-10-7-20(8-11-21)9-14-27(32)34-6-3/h7-8,10-13,17-18H,4-6,9,14-16,19H2,1-3H3,(H2,29,30). The van der Waals surface area contributed by atoms with Gasteiger partial charge in [0.05, 0.1) is 12.3 Å². The van der Waals surface area contributed by atoms with E-state index in [1.807, 2.05) is 60.4 Å². The SMILES string of the molecule is CCCN(CCC)C(=O)C1=Cc2ccc(-c3ccc(CCC(=O)OCC)cc3)cc2N=C(N)C1. The van der Waals surface area contributed by atoms with Gasteiger partial charge in [0.25, 0.3) is 0 Å². The highest BCUT2D eigenvalue weighted by atomic mass is 16.5. The van der Waals surface area contributed by atoms with Crippen LogP contribution in [0.2, 0.25) is 0 Å². The summed E-state index contributed by atoms with van der Waals surface area (Å²) in [6, 6.07) is 14.2. The van der Waals surface area contributed by atoms with Crippen molar-refractivity contribution in [2.24, 2.45) is 10.7 Å². The number of fused-ring (bicyclic) bond motifs is 1. The first-order chi connectivity index (χ1) is 16.4. The Bertz CT molecular complexity index is 1060. The Labute approximate surface area is 202 Å². The molecule has 0 aromatic heterocycles. The Balaban J connectivity index is 1.81. The zero-order chi connectivity index (χ0) is 24.5. The fourth-order valence-corrected chi connectivity index (χ4v) is 4.11. The molecule has 1 amide bonds. The Kier molecular flexibility index (Phi) is 9.02. The van der Waals surface area contributed by atoms with Crippen LogP contribution in [-0.4, -0.2) is 42.3 Å². The lowest BCUT2D eigenvalue weighted by molar-refractivity contribution is -0.143. The van der Waals surface area contributed by atoms with Crippen LogP contribution in [0.3, 0.4) is 0 Å². The highest BCUT2D eigenvalue weighted by molar-refractivity contribution is 6.05. The fourth-order valence-electron chi connectivity index (χ4n) is 4.11. The number of rotatable bonds is 10. The Morgan fingerprint density at radius 1 is 1.00 bits per heavy atom. The molecule has 0 atom stereocenters. The molecule has 2 aromatic carbocycles. The predicted molar refractivity (Wildman–Crippen MR) is 138 cm³/mol. The second kappa shape index (κ2) is 12.2. The molecule has 1 heterocycles. The van der Waals surface area contributed by atoms with E-state index in [4.69, 9.17) is 10.5 Å². The van der Waals surface area contributed by atoms with Crippen molar-refractivity contribution in [2.45, 2.75) is 52.9 Å². The molecule has 0 aliphatic carbocycles. The minimum atomic E-state index is -0.175. The van der Waals surface area contributed by atoms with E-state index in [0.717, 1.165) is 53.9 Å². The van der Waals surface area contributed by atoms with Crippen LogP contribution in [-0.2, 0) is 20.7 Å². The average molecular weight is 462 g/mol. The van der Waals surface area contributed by atoms with Crippen LogP contribution in [0.4, 0.5) is 5.69 Å². The Morgan fingerprint density at radius 2 is 1.68 bits per heavy atom. The minimum absolute atomic E-state index is 0.0391. The molecule has 0 spiro atoms. The van der Waals surface area contributed by atoms with Crippen molar-refractivity contribution in [3.05, 3.63) is 59.2 Å². The summed E-state index contributed by atoms with van der Waals surface area (Å²) in [5.74, 6) is 0.307. The third-order valence-corrected chi connectivity index (χ3v) is 5.76. The molecule has 0 radical (unpaired) electrons. The second-order valence-corrected chi connectivity index (χ2v) is 8.52. The van der Waals surface area contributed by atoms with Crippen LogP contribution in [0, 0.1) is 0 Å². The molecule has 0 unspecified atom stereocenters. The van der Waals surface area contributed by atoms with Gasteiger partial charge in [-0.15, -0.1) is 0 Å². The number of hydrogen-bond acceptors (Lipinski definition) is 5. The van der Waals surface area contributed by atoms with Gasteiger partial charge < -0.3 is 15.4 Å². The monoisotopic (exact) mass is 461 g/mol. The van der Waals surface area contributed by atoms with Gasteiger partial charge in [-0.05, 0) is 55.0 Å². The van der Waals surface area contributed by atoms with Gasteiger partial charge in [0.1, 0.15) is 5.84 Å². The maximum atomic E-state index is 13.2. The first-order valence-electron chi connectivity index (χ1n) is 12.2. The van der Waals surface area contributed by atoms with Gasteiger partial charge in [0, 0.05) is 37.1 Å². The Morgan fingerprint density at radius 3 is 2.32 bits per heavy atom. The van der Waals surface area contributed by atoms with Crippen molar-refractivity contribution >= 4 is 29.5 Å². The Hall–Kier alpha value is -3.41. The van der Waals surface area contributed by atoms with E-state index >= 15 is 0 Å². The summed E-state index contributed by atoms with van der Waals surface area (Å²) in [6.45, 7) is 7.86. The van der Waals surface area contributed by atoms with Gasteiger partial charge >= 0.3 is 5.97 Å². The second-order valence-electron chi connectivity index (χ2n) is 8.52. The number of amides is 1. The molecule has 6 nitrogen and oxygen atoms in total. The van der Waals surface area contributed by atoms with Crippen molar-refractivity contribution in [1.82, 2.24) is 4.90 Å². The van der Waals surface area contributed by atoms with Crippen molar-refractivity contribution in [3.8, 4) is 11.1 Å². The number of hydrogen-bond donors (Lipinski definition) is 1. The van der Waals surface area contributed by atoms with E-state index in [1.54, 1.807) is 0 Å². The van der Waals surface area contributed by atoms with E-state index in [-0.39, 0.29) is 11.9 Å². The number of benzene rings is 2. The lowest BCUT2D eigenvalue weighted by atomic mass is 9.99. The van der Waals surface area contributed by atoms with E-state index in [9.17, 15) is 9.59 Å². The normalized spacial score (nSPS) is 12.8. The molecule has 34 heavy (non-hydrogen) atoms. The lowest BCUT2D eigenvalue weighted by Gasteiger charge is -2.22. The zero-order valence-corrected chi connectivity index (χ0v) is 20.5. The van der Waals surface area contributed by atoms with Crippen molar-refractivity contribution in [3.63, 3.8) is 0 Å². The van der Waals surface area contributed by atoms with Gasteiger partial charge in [0.2, 0.25) is 5.91 Å². The summed E-state index contributed by atoms with van der Waals surface area (Å²) in [5, 5.41) is 0. The molecule has 1 aliphatic rings. The molecule has 0 saturated heterocycles. The van der Waals surface area contributed by atoms with E-state index in [0.29, 0.717) is 37.3 Å². The van der Waals surface area contributed by atoms with Crippen LogP contribution in [0.25, 0.3) is 17.2 Å². The van der Waals surface area contributed by atoms with E-state index in [2.05, 4.69) is 18.8 Å². The molecule has 0 saturated carbocycles. The summed E-state index contributed by atoms with van der Waals surface area (Å²) in [7, 11) is 0. The summed E-state index contributed by atoms with van der Waals surface area (Å²) in [4.78, 5) is 31.3. The van der Waals surface area contributed by atoms with Gasteiger partial charge in [0.15, 0.2) is 0 Å². The van der Waals surface area contributed by atoms with Crippen molar-refractivity contribution in [2.75, 3.05) is 19.7 Å². The van der Waals surface area contributed by atoms with Crippen molar-refractivity contribution < 1.29 is 14.3 Å². The third-order valence-electron chi connectivity index (χ3n) is 5.76. The number of aliphatic imine (C=N–C) groups is 1. The predicted octanol–water partition coefficient (Wildman–Crippen LogP) is 5.27.